The van der Waals surface area contributed by atoms with Crippen molar-refractivity contribution in [2.24, 2.45) is 0 Å². The first-order valence-electron chi connectivity index (χ1n) is 6.10. The normalized spacial score (nSPS) is 35.9. The van der Waals surface area contributed by atoms with Gasteiger partial charge in [-0.05, 0) is 25.8 Å². The van der Waals surface area contributed by atoms with Crippen LogP contribution < -0.4 is 0 Å². The molecule has 0 atom stereocenters. The molecule has 1 aliphatic carbocycles. The fourth-order valence-electron chi connectivity index (χ4n) is 2.93. The Hall–Kier alpha value is -0.870. The van der Waals surface area contributed by atoms with E-state index < -0.39 is 0 Å². The Bertz CT molecular complexity index is 337. The molecule has 1 aromatic rings. The van der Waals surface area contributed by atoms with Gasteiger partial charge in [-0.2, -0.15) is 5.10 Å². The van der Waals surface area contributed by atoms with Gasteiger partial charge >= 0.3 is 0 Å². The van der Waals surface area contributed by atoms with E-state index in [4.69, 9.17) is 4.74 Å². The Labute approximate surface area is 96.2 Å². The van der Waals surface area contributed by atoms with E-state index in [1.807, 2.05) is 12.3 Å². The zero-order valence-electron chi connectivity index (χ0n) is 9.80. The maximum Gasteiger partial charge on any atom is 0.0629 e. The molecule has 16 heavy (non-hydrogen) atoms. The summed E-state index contributed by atoms with van der Waals surface area (Å²) in [6, 6.07) is 2.74. The average Bonchev–Trinajstić information content (AvgIpc) is 2.80. The minimum Gasteiger partial charge on any atom is -0.379 e. The lowest BCUT2D eigenvalue weighted by Gasteiger charge is -2.50. The molecule has 3 rings (SSSR count). The zero-order chi connectivity index (χ0) is 11.0. The monoisotopic (exact) mass is 221 g/mol. The number of rotatable bonds is 2. The quantitative estimate of drug-likeness (QED) is 0.749. The van der Waals surface area contributed by atoms with Crippen LogP contribution in [-0.4, -0.2) is 47.0 Å². The third kappa shape index (κ3) is 1.66. The highest BCUT2D eigenvalue weighted by atomic mass is 16.5. The van der Waals surface area contributed by atoms with Gasteiger partial charge in [-0.1, -0.05) is 0 Å². The lowest BCUT2D eigenvalue weighted by Crippen LogP contribution is -2.57. The highest BCUT2D eigenvalue weighted by Crippen LogP contribution is 2.41. The number of hydrogen-bond acceptors (Lipinski definition) is 3. The molecular formula is C12H19N3O. The van der Waals surface area contributed by atoms with Crippen molar-refractivity contribution in [1.29, 1.82) is 0 Å². The van der Waals surface area contributed by atoms with Crippen molar-refractivity contribution in [1.82, 2.24) is 14.7 Å². The van der Waals surface area contributed by atoms with Gasteiger partial charge in [0, 0.05) is 31.5 Å². The van der Waals surface area contributed by atoms with Crippen LogP contribution in [0.2, 0.25) is 0 Å². The van der Waals surface area contributed by atoms with Crippen LogP contribution in [0.25, 0.3) is 0 Å². The fraction of sp³-hybridized carbons (Fsp3) is 0.750. The summed E-state index contributed by atoms with van der Waals surface area (Å²) in [6.07, 6.45) is 6.38. The maximum absolute atomic E-state index is 5.38. The number of aromatic nitrogens is 2. The van der Waals surface area contributed by atoms with Gasteiger partial charge in [0.25, 0.3) is 0 Å². The average molecular weight is 221 g/mol. The van der Waals surface area contributed by atoms with Crippen molar-refractivity contribution in [3.05, 3.63) is 18.5 Å². The van der Waals surface area contributed by atoms with Crippen LogP contribution in [0.3, 0.4) is 0 Å². The molecule has 2 aliphatic rings. The molecule has 0 unspecified atom stereocenters. The Morgan fingerprint density at radius 1 is 1.31 bits per heavy atom. The second-order valence-electron chi connectivity index (χ2n) is 5.16. The summed E-state index contributed by atoms with van der Waals surface area (Å²) in [5, 5.41) is 4.36. The van der Waals surface area contributed by atoms with Crippen molar-refractivity contribution in [3.63, 3.8) is 0 Å². The van der Waals surface area contributed by atoms with Crippen molar-refractivity contribution in [3.8, 4) is 0 Å². The highest BCUT2D eigenvalue weighted by Gasteiger charge is 2.44. The van der Waals surface area contributed by atoms with E-state index in [2.05, 4.69) is 27.8 Å². The summed E-state index contributed by atoms with van der Waals surface area (Å²) in [5.41, 5.74) is 0.243. The Balaban J connectivity index is 1.61. The molecule has 88 valence electrons. The molecule has 1 aliphatic heterocycles. The molecule has 4 heteroatoms. The first-order chi connectivity index (χ1) is 7.78. The summed E-state index contributed by atoms with van der Waals surface area (Å²) < 4.78 is 7.50. The molecule has 1 saturated carbocycles. The highest BCUT2D eigenvalue weighted by molar-refractivity contribution is 5.01. The van der Waals surface area contributed by atoms with Gasteiger partial charge in [-0.25, -0.2) is 0 Å². The Kier molecular flexibility index (Phi) is 2.48. The molecule has 0 bridgehead atoms. The van der Waals surface area contributed by atoms with Crippen molar-refractivity contribution in [2.75, 3.05) is 26.3 Å². The van der Waals surface area contributed by atoms with E-state index in [9.17, 15) is 0 Å². The topological polar surface area (TPSA) is 30.3 Å². The van der Waals surface area contributed by atoms with Gasteiger partial charge in [0.05, 0.1) is 18.8 Å². The van der Waals surface area contributed by atoms with Gasteiger partial charge in [0.15, 0.2) is 0 Å². The lowest BCUT2D eigenvalue weighted by molar-refractivity contribution is -0.0428. The SMILES string of the molecule is CC1(n2cccn2)CC(N2CCOCC2)C1. The van der Waals surface area contributed by atoms with E-state index >= 15 is 0 Å². The molecule has 4 nitrogen and oxygen atoms in total. The number of nitrogens with zero attached hydrogens (tertiary/aromatic N) is 3. The molecule has 0 N–H and O–H groups in total. The molecule has 1 aromatic heterocycles. The molecule has 1 saturated heterocycles. The van der Waals surface area contributed by atoms with Gasteiger partial charge in [-0.15, -0.1) is 0 Å². The lowest BCUT2D eigenvalue weighted by atomic mass is 9.73. The smallest absolute Gasteiger partial charge is 0.0629 e. The van der Waals surface area contributed by atoms with Gasteiger partial charge in [-0.3, -0.25) is 9.58 Å². The Morgan fingerprint density at radius 2 is 2.06 bits per heavy atom. The summed E-state index contributed by atoms with van der Waals surface area (Å²) in [4.78, 5) is 2.56. The van der Waals surface area contributed by atoms with E-state index in [0.29, 0.717) is 0 Å². The van der Waals surface area contributed by atoms with Crippen LogP contribution in [-0.2, 0) is 10.3 Å². The van der Waals surface area contributed by atoms with E-state index in [0.717, 1.165) is 32.3 Å². The van der Waals surface area contributed by atoms with E-state index in [1.165, 1.54) is 12.8 Å². The minimum atomic E-state index is 0.243. The van der Waals surface area contributed by atoms with Crippen LogP contribution in [0.5, 0.6) is 0 Å². The van der Waals surface area contributed by atoms with E-state index in [-0.39, 0.29) is 5.54 Å². The molecular weight excluding hydrogens is 202 g/mol. The van der Waals surface area contributed by atoms with Crippen LogP contribution in [0, 0.1) is 0 Å². The second-order valence-corrected chi connectivity index (χ2v) is 5.16. The first kappa shape index (κ1) is 10.3. The zero-order valence-corrected chi connectivity index (χ0v) is 9.80. The van der Waals surface area contributed by atoms with Gasteiger partial charge < -0.3 is 4.74 Å². The molecule has 2 heterocycles. The second kappa shape index (κ2) is 3.86. The van der Waals surface area contributed by atoms with Gasteiger partial charge in [0.2, 0.25) is 0 Å². The van der Waals surface area contributed by atoms with Crippen molar-refractivity contribution >= 4 is 0 Å². The number of morpholine rings is 1. The minimum absolute atomic E-state index is 0.243. The molecule has 2 fully saturated rings. The molecule has 0 radical (unpaired) electrons. The molecule has 0 amide bonds. The number of hydrogen-bond donors (Lipinski definition) is 0. The van der Waals surface area contributed by atoms with Crippen LogP contribution in [0.4, 0.5) is 0 Å². The molecule has 0 aromatic carbocycles. The van der Waals surface area contributed by atoms with Crippen LogP contribution in [0.1, 0.15) is 19.8 Å². The predicted molar refractivity (Wildman–Crippen MR) is 61.3 cm³/mol. The maximum atomic E-state index is 5.38. The van der Waals surface area contributed by atoms with Gasteiger partial charge in [0.1, 0.15) is 0 Å². The van der Waals surface area contributed by atoms with Crippen molar-refractivity contribution < 1.29 is 4.74 Å². The summed E-state index contributed by atoms with van der Waals surface area (Å²) in [5.74, 6) is 0. The third-order valence-corrected chi connectivity index (χ3v) is 3.97. The summed E-state index contributed by atoms with van der Waals surface area (Å²) in [7, 11) is 0. The van der Waals surface area contributed by atoms with Crippen molar-refractivity contribution in [2.45, 2.75) is 31.3 Å². The van der Waals surface area contributed by atoms with Crippen LogP contribution in [0.15, 0.2) is 18.5 Å². The standard InChI is InChI=1S/C12H19N3O/c1-12(15-4-2-3-13-15)9-11(10-12)14-5-7-16-8-6-14/h2-4,11H,5-10H2,1H3. The first-order valence-corrected chi connectivity index (χ1v) is 6.10. The van der Waals surface area contributed by atoms with Crippen LogP contribution >= 0.6 is 0 Å². The number of ether oxygens (including phenoxy) is 1. The summed E-state index contributed by atoms with van der Waals surface area (Å²) in [6.45, 7) is 6.29. The summed E-state index contributed by atoms with van der Waals surface area (Å²) >= 11 is 0. The molecule has 0 spiro atoms. The van der Waals surface area contributed by atoms with E-state index in [1.54, 1.807) is 0 Å². The largest absolute Gasteiger partial charge is 0.379 e. The third-order valence-electron chi connectivity index (χ3n) is 3.97. The predicted octanol–water partition coefficient (Wildman–Crippen LogP) is 1.09. The fourth-order valence-corrected chi connectivity index (χ4v) is 2.93. The Morgan fingerprint density at radius 3 is 2.69 bits per heavy atom.